The third-order valence-corrected chi connectivity index (χ3v) is 5.88. The zero-order valence-corrected chi connectivity index (χ0v) is 17.6. The smallest absolute Gasteiger partial charge is 0.341 e. The van der Waals surface area contributed by atoms with Crippen LogP contribution in [0.25, 0.3) is 10.8 Å². The van der Waals surface area contributed by atoms with E-state index in [4.69, 9.17) is 10.5 Å². The quantitative estimate of drug-likeness (QED) is 0.513. The molecule has 0 aliphatic carbocycles. The average Bonchev–Trinajstić information content (AvgIpc) is 3.07. The molecule has 0 aliphatic heterocycles. The maximum Gasteiger partial charge on any atom is 0.341 e. The highest BCUT2D eigenvalue weighted by molar-refractivity contribution is 7.18. The maximum atomic E-state index is 12.4. The lowest BCUT2D eigenvalue weighted by Gasteiger charge is -2.17. The molecule has 3 rings (SSSR count). The number of benzene rings is 2. The molecule has 1 heterocycles. The number of nitrogen functional groups attached to an aromatic ring is 1. The minimum absolute atomic E-state index is 0.00481. The minimum Gasteiger partial charge on any atom is -0.462 e. The van der Waals surface area contributed by atoms with Crippen LogP contribution in [0.5, 0.6) is 0 Å². The summed E-state index contributed by atoms with van der Waals surface area (Å²) in [7, 11) is 1.55. The van der Waals surface area contributed by atoms with E-state index in [2.05, 4.69) is 41.8 Å². The molecule has 0 fully saturated rings. The molecule has 152 valence electrons. The second kappa shape index (κ2) is 9.07. The van der Waals surface area contributed by atoms with Gasteiger partial charge in [-0.25, -0.2) is 4.79 Å². The lowest BCUT2D eigenvalue weighted by Crippen LogP contribution is -2.24. The summed E-state index contributed by atoms with van der Waals surface area (Å²) >= 11 is 1.10. The van der Waals surface area contributed by atoms with Gasteiger partial charge in [0, 0.05) is 25.2 Å². The van der Waals surface area contributed by atoms with Crippen molar-refractivity contribution in [3.05, 3.63) is 64.0 Å². The number of esters is 1. The van der Waals surface area contributed by atoms with Gasteiger partial charge in [0.05, 0.1) is 17.0 Å². The molecule has 1 aromatic heterocycles. The molecule has 6 nitrogen and oxygen atoms in total. The molecule has 1 atom stereocenters. The summed E-state index contributed by atoms with van der Waals surface area (Å²) in [5.74, 6) is -0.780. The Morgan fingerprint density at radius 2 is 1.90 bits per heavy atom. The summed E-state index contributed by atoms with van der Waals surface area (Å²) in [4.78, 5) is 25.2. The van der Waals surface area contributed by atoms with E-state index >= 15 is 0 Å². The highest BCUT2D eigenvalue weighted by atomic mass is 32.1. The SMILES string of the molecule is CCOC(=O)c1c(N)sc(C(=O)NC)c1CN[C@H](C)c1cccc2ccccc12. The van der Waals surface area contributed by atoms with Crippen LogP contribution in [0.4, 0.5) is 5.00 Å². The van der Waals surface area contributed by atoms with Gasteiger partial charge in [-0.2, -0.15) is 0 Å². The highest BCUT2D eigenvalue weighted by Crippen LogP contribution is 2.33. The first kappa shape index (κ1) is 20.8. The molecule has 0 unspecified atom stereocenters. The standard InChI is InChI=1S/C22H25N3O3S/c1-4-28-22(27)18-17(19(21(26)24-3)29-20(18)23)12-25-13(2)15-11-7-9-14-8-5-6-10-16(14)15/h5-11,13,25H,4,12,23H2,1-3H3,(H,24,26)/t13-/m1/s1. The van der Waals surface area contributed by atoms with Gasteiger partial charge in [-0.1, -0.05) is 42.5 Å². The van der Waals surface area contributed by atoms with E-state index in [-0.39, 0.29) is 29.1 Å². The molecule has 0 radical (unpaired) electrons. The zero-order chi connectivity index (χ0) is 21.0. The summed E-state index contributed by atoms with van der Waals surface area (Å²) in [6.45, 7) is 4.35. The van der Waals surface area contributed by atoms with Crippen molar-refractivity contribution in [2.75, 3.05) is 19.4 Å². The number of hydrogen-bond donors (Lipinski definition) is 3. The van der Waals surface area contributed by atoms with Gasteiger partial charge >= 0.3 is 5.97 Å². The van der Waals surface area contributed by atoms with Gasteiger partial charge in [0.1, 0.15) is 5.00 Å². The summed E-state index contributed by atoms with van der Waals surface area (Å²) < 4.78 is 5.15. The van der Waals surface area contributed by atoms with Crippen LogP contribution in [0.3, 0.4) is 0 Å². The fourth-order valence-corrected chi connectivity index (χ4v) is 4.39. The number of ether oxygens (including phenoxy) is 1. The Morgan fingerprint density at radius 1 is 1.17 bits per heavy atom. The number of nitrogens with two attached hydrogens (primary N) is 1. The summed E-state index contributed by atoms with van der Waals surface area (Å²) in [6, 6.07) is 14.4. The Balaban J connectivity index is 1.92. The second-order valence-corrected chi connectivity index (χ2v) is 7.67. The predicted octanol–water partition coefficient (Wildman–Crippen LogP) is 3.87. The van der Waals surface area contributed by atoms with Gasteiger partial charge in [-0.05, 0) is 30.2 Å². The predicted molar refractivity (Wildman–Crippen MR) is 117 cm³/mol. The topological polar surface area (TPSA) is 93.5 Å². The molecule has 3 aromatic rings. The first-order valence-corrected chi connectivity index (χ1v) is 10.3. The number of rotatable bonds is 7. The van der Waals surface area contributed by atoms with Crippen molar-refractivity contribution in [3.8, 4) is 0 Å². The van der Waals surface area contributed by atoms with E-state index in [0.717, 1.165) is 27.7 Å². The molecule has 0 saturated heterocycles. The number of anilines is 1. The molecular formula is C22H25N3O3S. The van der Waals surface area contributed by atoms with Gasteiger partial charge in [0.15, 0.2) is 0 Å². The van der Waals surface area contributed by atoms with E-state index in [1.807, 2.05) is 18.2 Å². The Labute approximate surface area is 174 Å². The van der Waals surface area contributed by atoms with E-state index in [9.17, 15) is 9.59 Å². The number of carbonyl (C=O) groups excluding carboxylic acids is 2. The Hall–Kier alpha value is -2.90. The summed E-state index contributed by atoms with van der Waals surface area (Å²) in [5, 5.41) is 8.67. The zero-order valence-electron chi connectivity index (χ0n) is 16.7. The van der Waals surface area contributed by atoms with Crippen molar-refractivity contribution in [1.82, 2.24) is 10.6 Å². The lowest BCUT2D eigenvalue weighted by molar-refractivity contribution is 0.0526. The number of fused-ring (bicyclic) bond motifs is 1. The number of amides is 1. The third kappa shape index (κ3) is 4.26. The molecule has 0 spiro atoms. The number of thiophene rings is 1. The van der Waals surface area contributed by atoms with Crippen LogP contribution in [-0.4, -0.2) is 25.5 Å². The Bertz CT molecular complexity index is 1040. The lowest BCUT2D eigenvalue weighted by atomic mass is 9.99. The van der Waals surface area contributed by atoms with Crippen molar-refractivity contribution in [3.63, 3.8) is 0 Å². The van der Waals surface area contributed by atoms with Crippen LogP contribution in [0.2, 0.25) is 0 Å². The van der Waals surface area contributed by atoms with E-state index in [1.54, 1.807) is 14.0 Å². The number of carbonyl (C=O) groups is 2. The van der Waals surface area contributed by atoms with Crippen LogP contribution in [0.1, 0.15) is 51.0 Å². The first-order valence-electron chi connectivity index (χ1n) is 9.49. The molecule has 0 saturated carbocycles. The third-order valence-electron chi connectivity index (χ3n) is 4.82. The minimum atomic E-state index is -0.508. The molecule has 7 heteroatoms. The van der Waals surface area contributed by atoms with Crippen molar-refractivity contribution in [2.24, 2.45) is 0 Å². The van der Waals surface area contributed by atoms with Crippen LogP contribution in [0, 0.1) is 0 Å². The molecule has 2 aromatic carbocycles. The molecule has 4 N–H and O–H groups in total. The molecule has 0 aliphatic rings. The van der Waals surface area contributed by atoms with Crippen LogP contribution in [0.15, 0.2) is 42.5 Å². The Kier molecular flexibility index (Phi) is 6.51. The number of nitrogens with one attached hydrogen (secondary N) is 2. The molecule has 1 amide bonds. The van der Waals surface area contributed by atoms with Crippen molar-refractivity contribution in [1.29, 1.82) is 0 Å². The number of hydrogen-bond acceptors (Lipinski definition) is 6. The van der Waals surface area contributed by atoms with E-state index < -0.39 is 5.97 Å². The highest BCUT2D eigenvalue weighted by Gasteiger charge is 2.26. The fourth-order valence-electron chi connectivity index (χ4n) is 3.37. The first-order chi connectivity index (χ1) is 14.0. The van der Waals surface area contributed by atoms with Crippen molar-refractivity contribution >= 4 is 39.0 Å². The van der Waals surface area contributed by atoms with Gasteiger partial charge in [0.2, 0.25) is 0 Å². The average molecular weight is 412 g/mol. The molecular weight excluding hydrogens is 386 g/mol. The fraction of sp³-hybridized carbons (Fsp3) is 0.273. The Morgan fingerprint density at radius 3 is 2.62 bits per heavy atom. The summed E-state index contributed by atoms with van der Waals surface area (Å²) in [6.07, 6.45) is 0. The van der Waals surface area contributed by atoms with Gasteiger partial charge in [-0.3, -0.25) is 4.79 Å². The van der Waals surface area contributed by atoms with Crippen molar-refractivity contribution in [2.45, 2.75) is 26.4 Å². The summed E-state index contributed by atoms with van der Waals surface area (Å²) in [5.41, 5.74) is 8.05. The second-order valence-electron chi connectivity index (χ2n) is 6.62. The normalized spacial score (nSPS) is 12.0. The largest absolute Gasteiger partial charge is 0.462 e. The van der Waals surface area contributed by atoms with Crippen LogP contribution < -0.4 is 16.4 Å². The van der Waals surface area contributed by atoms with E-state index in [1.165, 1.54) is 0 Å². The van der Waals surface area contributed by atoms with Gasteiger partial charge in [-0.15, -0.1) is 11.3 Å². The van der Waals surface area contributed by atoms with Gasteiger partial charge in [0.25, 0.3) is 5.91 Å². The van der Waals surface area contributed by atoms with Crippen LogP contribution in [-0.2, 0) is 11.3 Å². The maximum absolute atomic E-state index is 12.4. The monoisotopic (exact) mass is 411 g/mol. The van der Waals surface area contributed by atoms with Gasteiger partial charge < -0.3 is 21.1 Å². The molecule has 0 bridgehead atoms. The van der Waals surface area contributed by atoms with Crippen molar-refractivity contribution < 1.29 is 14.3 Å². The van der Waals surface area contributed by atoms with Crippen LogP contribution >= 0.6 is 11.3 Å². The molecule has 29 heavy (non-hydrogen) atoms. The van der Waals surface area contributed by atoms with E-state index in [0.29, 0.717) is 17.0 Å².